The van der Waals surface area contributed by atoms with Crippen molar-refractivity contribution in [1.82, 2.24) is 19.5 Å². The molecule has 8 heteroatoms. The summed E-state index contributed by atoms with van der Waals surface area (Å²) in [5.41, 5.74) is 1.92. The fourth-order valence-corrected chi connectivity index (χ4v) is 3.02. The van der Waals surface area contributed by atoms with Gasteiger partial charge in [-0.3, -0.25) is 4.98 Å². The van der Waals surface area contributed by atoms with Crippen molar-refractivity contribution in [1.29, 1.82) is 0 Å². The highest BCUT2D eigenvalue weighted by molar-refractivity contribution is 6.35. The smallest absolute Gasteiger partial charge is 0.303 e. The lowest BCUT2D eigenvalue weighted by molar-refractivity contribution is -0.140. The highest BCUT2D eigenvalue weighted by Gasteiger charge is 2.33. The van der Waals surface area contributed by atoms with Gasteiger partial charge < -0.3 is 4.57 Å². The monoisotopic (exact) mass is 388 g/mol. The molecule has 136 valence electrons. The van der Waals surface area contributed by atoms with Crippen LogP contribution in [0.2, 0.25) is 5.02 Å². The molecule has 0 aliphatic heterocycles. The molecule has 0 radical (unpaired) electrons. The maximum atomic E-state index is 13.1. The first kappa shape index (κ1) is 17.5. The van der Waals surface area contributed by atoms with Crippen LogP contribution in [0.1, 0.15) is 11.4 Å². The molecule has 0 aliphatic carbocycles. The average molecular weight is 389 g/mol. The van der Waals surface area contributed by atoms with Crippen molar-refractivity contribution < 1.29 is 13.2 Å². The van der Waals surface area contributed by atoms with E-state index >= 15 is 0 Å². The van der Waals surface area contributed by atoms with Gasteiger partial charge in [0, 0.05) is 29.0 Å². The van der Waals surface area contributed by atoms with E-state index in [2.05, 4.69) is 15.0 Å². The van der Waals surface area contributed by atoms with Gasteiger partial charge in [-0.15, -0.1) is 0 Å². The van der Waals surface area contributed by atoms with E-state index in [1.54, 1.807) is 35.2 Å². The van der Waals surface area contributed by atoms with Gasteiger partial charge in [-0.1, -0.05) is 23.7 Å². The fraction of sp³-hybridized carbons (Fsp3) is 0.105. The first-order valence-corrected chi connectivity index (χ1v) is 8.34. The number of rotatable bonds is 2. The molecular formula is C19H12ClF3N4. The van der Waals surface area contributed by atoms with E-state index in [4.69, 9.17) is 11.6 Å². The molecule has 0 unspecified atom stereocenters. The van der Waals surface area contributed by atoms with Gasteiger partial charge in [0.15, 0.2) is 0 Å². The Kier molecular flexibility index (Phi) is 4.11. The van der Waals surface area contributed by atoms with Gasteiger partial charge in [0.05, 0.1) is 28.2 Å². The summed E-state index contributed by atoms with van der Waals surface area (Å²) in [6.45, 7) is 1.88. The first-order chi connectivity index (χ1) is 12.8. The van der Waals surface area contributed by atoms with Crippen molar-refractivity contribution in [2.24, 2.45) is 0 Å². The normalized spacial score (nSPS) is 11.9. The fourth-order valence-electron chi connectivity index (χ4n) is 2.77. The van der Waals surface area contributed by atoms with Gasteiger partial charge in [0.25, 0.3) is 0 Å². The lowest BCUT2D eigenvalue weighted by Crippen LogP contribution is -2.08. The van der Waals surface area contributed by atoms with Crippen LogP contribution in [0.15, 0.2) is 55.1 Å². The van der Waals surface area contributed by atoms with Crippen LogP contribution in [0.5, 0.6) is 0 Å². The molecule has 0 N–H and O–H groups in total. The average Bonchev–Trinajstić information content (AvgIpc) is 3.11. The van der Waals surface area contributed by atoms with E-state index in [1.807, 2.05) is 19.1 Å². The summed E-state index contributed by atoms with van der Waals surface area (Å²) in [4.78, 5) is 12.4. The van der Waals surface area contributed by atoms with Crippen molar-refractivity contribution in [2.75, 3.05) is 0 Å². The predicted octanol–water partition coefficient (Wildman–Crippen LogP) is 5.46. The topological polar surface area (TPSA) is 43.6 Å². The minimum Gasteiger partial charge on any atom is -0.303 e. The van der Waals surface area contributed by atoms with E-state index in [0.29, 0.717) is 16.8 Å². The zero-order chi connectivity index (χ0) is 19.2. The Labute approximate surface area is 157 Å². The summed E-state index contributed by atoms with van der Waals surface area (Å²) < 4.78 is 41.0. The van der Waals surface area contributed by atoms with Gasteiger partial charge in [-0.2, -0.15) is 13.2 Å². The standard InChI is InChI=1S/C19H12ClF3N4/c1-11-5-6-12(8-24-11)15-9-27(10-25-15)16-4-2-3-13-14(20)7-17(19(21,22)23)26-18(13)16/h2-10H,1H3. The molecule has 4 rings (SSSR count). The van der Waals surface area contributed by atoms with E-state index in [-0.39, 0.29) is 10.5 Å². The van der Waals surface area contributed by atoms with Crippen LogP contribution >= 0.6 is 11.6 Å². The molecule has 0 spiro atoms. The predicted molar refractivity (Wildman–Crippen MR) is 96.8 cm³/mol. The molecule has 3 heterocycles. The lowest BCUT2D eigenvalue weighted by Gasteiger charge is -2.11. The summed E-state index contributed by atoms with van der Waals surface area (Å²) in [6, 6.07) is 9.61. The Morgan fingerprint density at radius 2 is 1.89 bits per heavy atom. The van der Waals surface area contributed by atoms with Crippen molar-refractivity contribution in [3.8, 4) is 16.9 Å². The van der Waals surface area contributed by atoms with Crippen LogP contribution in [0.3, 0.4) is 0 Å². The maximum absolute atomic E-state index is 13.1. The number of alkyl halides is 3. The molecule has 1 aromatic carbocycles. The molecule has 0 bridgehead atoms. The van der Waals surface area contributed by atoms with Gasteiger partial charge in [-0.25, -0.2) is 9.97 Å². The van der Waals surface area contributed by atoms with Crippen LogP contribution in [-0.2, 0) is 6.18 Å². The SMILES string of the molecule is Cc1ccc(-c2cn(-c3cccc4c(Cl)cc(C(F)(F)F)nc34)cn2)cn1. The van der Waals surface area contributed by atoms with Crippen LogP contribution in [0.25, 0.3) is 27.8 Å². The number of para-hydroxylation sites is 1. The van der Waals surface area contributed by atoms with Crippen molar-refractivity contribution in [3.63, 3.8) is 0 Å². The number of aryl methyl sites for hydroxylation is 1. The number of benzene rings is 1. The van der Waals surface area contributed by atoms with E-state index in [9.17, 15) is 13.2 Å². The van der Waals surface area contributed by atoms with E-state index in [1.165, 1.54) is 6.33 Å². The molecule has 0 saturated carbocycles. The van der Waals surface area contributed by atoms with Gasteiger partial charge >= 0.3 is 6.18 Å². The lowest BCUT2D eigenvalue weighted by atomic mass is 10.1. The molecule has 0 aliphatic rings. The van der Waals surface area contributed by atoms with Crippen LogP contribution < -0.4 is 0 Å². The summed E-state index contributed by atoms with van der Waals surface area (Å²) >= 11 is 6.07. The second-order valence-corrected chi connectivity index (χ2v) is 6.42. The summed E-state index contributed by atoms with van der Waals surface area (Å²) in [7, 11) is 0. The molecule has 0 saturated heterocycles. The number of halogens is 4. The van der Waals surface area contributed by atoms with Crippen molar-refractivity contribution >= 4 is 22.5 Å². The molecular weight excluding hydrogens is 377 g/mol. The number of pyridine rings is 2. The Hall–Kier alpha value is -2.93. The number of fused-ring (bicyclic) bond motifs is 1. The van der Waals surface area contributed by atoms with Crippen LogP contribution in [-0.4, -0.2) is 19.5 Å². The molecule has 0 atom stereocenters. The largest absolute Gasteiger partial charge is 0.433 e. The number of imidazole rings is 1. The van der Waals surface area contributed by atoms with E-state index < -0.39 is 11.9 Å². The van der Waals surface area contributed by atoms with Gasteiger partial charge in [0.2, 0.25) is 0 Å². The summed E-state index contributed by atoms with van der Waals surface area (Å²) in [5.74, 6) is 0. The van der Waals surface area contributed by atoms with Crippen LogP contribution in [0, 0.1) is 6.92 Å². The molecule has 4 aromatic rings. The number of nitrogens with zero attached hydrogens (tertiary/aromatic N) is 4. The van der Waals surface area contributed by atoms with E-state index in [0.717, 1.165) is 17.3 Å². The Morgan fingerprint density at radius 1 is 1.07 bits per heavy atom. The zero-order valence-corrected chi connectivity index (χ0v) is 14.8. The first-order valence-electron chi connectivity index (χ1n) is 7.97. The highest BCUT2D eigenvalue weighted by atomic mass is 35.5. The van der Waals surface area contributed by atoms with Gasteiger partial charge in [0.1, 0.15) is 5.69 Å². The van der Waals surface area contributed by atoms with Crippen molar-refractivity contribution in [2.45, 2.75) is 13.1 Å². The Morgan fingerprint density at radius 3 is 2.59 bits per heavy atom. The Balaban J connectivity index is 1.87. The van der Waals surface area contributed by atoms with Gasteiger partial charge in [-0.05, 0) is 31.2 Å². The number of aromatic nitrogens is 4. The second-order valence-electron chi connectivity index (χ2n) is 6.01. The number of hydrogen-bond acceptors (Lipinski definition) is 3. The number of hydrogen-bond donors (Lipinski definition) is 0. The summed E-state index contributed by atoms with van der Waals surface area (Å²) in [5, 5.41) is 0.437. The highest BCUT2D eigenvalue weighted by Crippen LogP contribution is 2.34. The quantitative estimate of drug-likeness (QED) is 0.457. The zero-order valence-electron chi connectivity index (χ0n) is 14.0. The molecule has 0 fully saturated rings. The van der Waals surface area contributed by atoms with Crippen molar-refractivity contribution in [3.05, 3.63) is 71.5 Å². The molecule has 3 aromatic heterocycles. The third-order valence-electron chi connectivity index (χ3n) is 4.13. The summed E-state index contributed by atoms with van der Waals surface area (Å²) in [6.07, 6.45) is 0.358. The third-order valence-corrected chi connectivity index (χ3v) is 4.44. The second kappa shape index (κ2) is 6.35. The molecule has 27 heavy (non-hydrogen) atoms. The minimum atomic E-state index is -4.58. The molecule has 4 nitrogen and oxygen atoms in total. The molecule has 0 amide bonds. The minimum absolute atomic E-state index is 0.00255. The van der Waals surface area contributed by atoms with Crippen LogP contribution in [0.4, 0.5) is 13.2 Å². The third kappa shape index (κ3) is 3.26. The Bertz CT molecular complexity index is 1130. The maximum Gasteiger partial charge on any atom is 0.433 e.